The normalized spacial score (nSPS) is 14.1. The fraction of sp³-hybridized carbons (Fsp3) is 0.500. The van der Waals surface area contributed by atoms with Crippen molar-refractivity contribution in [3.63, 3.8) is 0 Å². The molecule has 0 saturated heterocycles. The molecule has 0 saturated carbocycles. The van der Waals surface area contributed by atoms with Crippen LogP contribution in [0.5, 0.6) is 0 Å². The minimum Gasteiger partial charge on any atom is -0.331 e. The average Bonchev–Trinajstić information content (AvgIpc) is 2.54. The lowest BCUT2D eigenvalue weighted by Gasteiger charge is -2.27. The maximum atomic E-state index is 6.07. The van der Waals surface area contributed by atoms with E-state index in [4.69, 9.17) is 23.8 Å². The van der Waals surface area contributed by atoms with Crippen LogP contribution in [-0.2, 0) is 6.54 Å². The van der Waals surface area contributed by atoms with Gasteiger partial charge in [0.05, 0.1) is 11.0 Å². The highest BCUT2D eigenvalue weighted by atomic mass is 35.5. The third kappa shape index (κ3) is 2.62. The Kier molecular flexibility index (Phi) is 3.56. The lowest BCUT2D eigenvalue weighted by atomic mass is 9.82. The Morgan fingerprint density at radius 3 is 2.67 bits per heavy atom. The summed E-state index contributed by atoms with van der Waals surface area (Å²) in [4.78, 5) is 3.23. The Hall–Kier alpha value is -0.800. The molecule has 0 radical (unpaired) electrons. The highest BCUT2D eigenvalue weighted by Crippen LogP contribution is 2.28. The molecule has 2 nitrogen and oxygen atoms in total. The summed E-state index contributed by atoms with van der Waals surface area (Å²) in [6, 6.07) is 5.83. The van der Waals surface area contributed by atoms with Crippen LogP contribution in [0, 0.1) is 16.1 Å². The molecule has 1 aromatic heterocycles. The van der Waals surface area contributed by atoms with E-state index in [1.54, 1.807) is 0 Å². The SMILES string of the molecule is CC(Cn1c(=S)[nH]c2ccc(Cl)cc21)C(C)(C)C. The molecule has 0 aliphatic carbocycles. The van der Waals surface area contributed by atoms with Crippen LogP contribution in [0.25, 0.3) is 11.0 Å². The topological polar surface area (TPSA) is 20.7 Å². The van der Waals surface area contributed by atoms with Gasteiger partial charge in [-0.25, -0.2) is 0 Å². The number of hydrogen-bond acceptors (Lipinski definition) is 1. The molecule has 1 N–H and O–H groups in total. The first kappa shape index (κ1) is 13.6. The third-order valence-electron chi connectivity index (χ3n) is 3.67. The number of nitrogens with zero attached hydrogens (tertiary/aromatic N) is 1. The summed E-state index contributed by atoms with van der Waals surface area (Å²) in [6.45, 7) is 9.92. The van der Waals surface area contributed by atoms with Gasteiger partial charge >= 0.3 is 0 Å². The lowest BCUT2D eigenvalue weighted by Crippen LogP contribution is -2.22. The van der Waals surface area contributed by atoms with Gasteiger partial charge in [0, 0.05) is 11.6 Å². The van der Waals surface area contributed by atoms with E-state index in [0.29, 0.717) is 5.92 Å². The number of aromatic amines is 1. The predicted octanol–water partition coefficient (Wildman–Crippen LogP) is 5.03. The molecule has 2 rings (SSSR count). The van der Waals surface area contributed by atoms with Crippen molar-refractivity contribution in [3.05, 3.63) is 28.0 Å². The summed E-state index contributed by atoms with van der Waals surface area (Å²) in [5, 5.41) is 0.744. The number of rotatable bonds is 2. The summed E-state index contributed by atoms with van der Waals surface area (Å²) in [7, 11) is 0. The molecule has 98 valence electrons. The molecular formula is C14H19ClN2S. The fourth-order valence-corrected chi connectivity index (χ4v) is 2.30. The van der Waals surface area contributed by atoms with E-state index in [9.17, 15) is 0 Å². The van der Waals surface area contributed by atoms with Gasteiger partial charge in [-0.15, -0.1) is 0 Å². The van der Waals surface area contributed by atoms with Crippen LogP contribution < -0.4 is 0 Å². The van der Waals surface area contributed by atoms with Crippen LogP contribution in [0.15, 0.2) is 18.2 Å². The largest absolute Gasteiger partial charge is 0.331 e. The van der Waals surface area contributed by atoms with Gasteiger partial charge in [-0.05, 0) is 41.7 Å². The predicted molar refractivity (Wildman–Crippen MR) is 80.8 cm³/mol. The van der Waals surface area contributed by atoms with Crippen LogP contribution in [0.1, 0.15) is 27.7 Å². The maximum Gasteiger partial charge on any atom is 0.178 e. The zero-order chi connectivity index (χ0) is 13.5. The molecule has 1 aromatic carbocycles. The van der Waals surface area contributed by atoms with E-state index < -0.39 is 0 Å². The molecule has 2 aromatic rings. The summed E-state index contributed by atoms with van der Waals surface area (Å²) < 4.78 is 2.91. The molecule has 0 bridgehead atoms. The smallest absolute Gasteiger partial charge is 0.178 e. The van der Waals surface area contributed by atoms with Gasteiger partial charge in [0.1, 0.15) is 0 Å². The molecule has 0 aliphatic heterocycles. The van der Waals surface area contributed by atoms with E-state index >= 15 is 0 Å². The van der Waals surface area contributed by atoms with E-state index in [1.807, 2.05) is 18.2 Å². The van der Waals surface area contributed by atoms with E-state index in [-0.39, 0.29) is 5.41 Å². The monoisotopic (exact) mass is 282 g/mol. The van der Waals surface area contributed by atoms with Gasteiger partial charge < -0.3 is 9.55 Å². The van der Waals surface area contributed by atoms with Crippen molar-refractivity contribution >= 4 is 34.9 Å². The molecule has 0 spiro atoms. The molecule has 1 unspecified atom stereocenters. The van der Waals surface area contributed by atoms with E-state index in [0.717, 1.165) is 27.4 Å². The van der Waals surface area contributed by atoms with Crippen molar-refractivity contribution < 1.29 is 0 Å². The third-order valence-corrected chi connectivity index (χ3v) is 4.23. The molecular weight excluding hydrogens is 264 g/mol. The second kappa shape index (κ2) is 4.71. The Bertz CT molecular complexity index is 619. The zero-order valence-corrected chi connectivity index (χ0v) is 12.8. The minimum absolute atomic E-state index is 0.261. The molecule has 0 fully saturated rings. The first-order valence-corrected chi connectivity index (χ1v) is 6.96. The maximum absolute atomic E-state index is 6.07. The van der Waals surface area contributed by atoms with Crippen molar-refractivity contribution in [2.45, 2.75) is 34.2 Å². The first-order chi connectivity index (χ1) is 8.29. The summed E-state index contributed by atoms with van der Waals surface area (Å²) in [5.41, 5.74) is 2.39. The number of halogens is 1. The Morgan fingerprint density at radius 1 is 1.39 bits per heavy atom. The van der Waals surface area contributed by atoms with Gasteiger partial charge in [-0.1, -0.05) is 39.3 Å². The summed E-state index contributed by atoms with van der Waals surface area (Å²) >= 11 is 11.5. The Balaban J connectivity index is 2.47. The number of fused-ring (bicyclic) bond motifs is 1. The van der Waals surface area contributed by atoms with E-state index in [2.05, 4.69) is 37.2 Å². The Labute approximate surface area is 118 Å². The van der Waals surface area contributed by atoms with Crippen LogP contribution in [0.4, 0.5) is 0 Å². The minimum atomic E-state index is 0.261. The van der Waals surface area contributed by atoms with Crippen LogP contribution in [0.3, 0.4) is 0 Å². The van der Waals surface area contributed by atoms with E-state index in [1.165, 1.54) is 0 Å². The molecule has 0 aliphatic rings. The molecule has 4 heteroatoms. The summed E-state index contributed by atoms with van der Waals surface area (Å²) in [5.74, 6) is 0.530. The standard InChI is InChI=1S/C14H19ClN2S/c1-9(14(2,3)4)8-17-12-7-10(15)5-6-11(12)16-13(17)18/h5-7,9H,8H2,1-4H3,(H,16,18). The molecule has 18 heavy (non-hydrogen) atoms. The van der Waals surface area contributed by atoms with Crippen LogP contribution in [-0.4, -0.2) is 9.55 Å². The molecule has 1 heterocycles. The highest BCUT2D eigenvalue weighted by molar-refractivity contribution is 7.71. The number of nitrogens with one attached hydrogen (secondary N) is 1. The Morgan fingerprint density at radius 2 is 2.06 bits per heavy atom. The quantitative estimate of drug-likeness (QED) is 0.766. The number of H-pyrrole nitrogens is 1. The van der Waals surface area contributed by atoms with Gasteiger partial charge in [0.25, 0.3) is 0 Å². The summed E-state index contributed by atoms with van der Waals surface area (Å²) in [6.07, 6.45) is 0. The average molecular weight is 283 g/mol. The molecule has 1 atom stereocenters. The fourth-order valence-electron chi connectivity index (χ4n) is 1.85. The van der Waals surface area contributed by atoms with Gasteiger partial charge in [-0.3, -0.25) is 0 Å². The van der Waals surface area contributed by atoms with Crippen molar-refractivity contribution in [1.82, 2.24) is 9.55 Å². The zero-order valence-electron chi connectivity index (χ0n) is 11.2. The second-order valence-corrected chi connectivity index (χ2v) is 6.79. The number of imidazole rings is 1. The number of benzene rings is 1. The van der Waals surface area contributed by atoms with Crippen molar-refractivity contribution in [3.8, 4) is 0 Å². The van der Waals surface area contributed by atoms with Crippen molar-refractivity contribution in [1.29, 1.82) is 0 Å². The lowest BCUT2D eigenvalue weighted by molar-refractivity contribution is 0.234. The molecule has 0 amide bonds. The van der Waals surface area contributed by atoms with Crippen LogP contribution >= 0.6 is 23.8 Å². The van der Waals surface area contributed by atoms with Gasteiger partial charge in [-0.2, -0.15) is 0 Å². The number of hydrogen-bond donors (Lipinski definition) is 1. The second-order valence-electron chi connectivity index (χ2n) is 5.97. The van der Waals surface area contributed by atoms with Gasteiger partial charge in [0.2, 0.25) is 0 Å². The van der Waals surface area contributed by atoms with Crippen molar-refractivity contribution in [2.75, 3.05) is 0 Å². The van der Waals surface area contributed by atoms with Gasteiger partial charge in [0.15, 0.2) is 4.77 Å². The van der Waals surface area contributed by atoms with Crippen LogP contribution in [0.2, 0.25) is 5.02 Å². The van der Waals surface area contributed by atoms with Crippen molar-refractivity contribution in [2.24, 2.45) is 11.3 Å². The first-order valence-electron chi connectivity index (χ1n) is 6.17. The number of aromatic nitrogens is 2. The highest BCUT2D eigenvalue weighted by Gasteiger charge is 2.21.